The summed E-state index contributed by atoms with van der Waals surface area (Å²) in [6, 6.07) is 4.96. The highest BCUT2D eigenvalue weighted by atomic mass is 79.9. The van der Waals surface area contributed by atoms with E-state index in [1.807, 2.05) is 13.8 Å². The third kappa shape index (κ3) is 3.40. The summed E-state index contributed by atoms with van der Waals surface area (Å²) in [6.07, 6.45) is 4.15. The zero-order valence-corrected chi connectivity index (χ0v) is 16.8. The number of hydrogen-bond donors (Lipinski definition) is 3. The standard InChI is InChI=1S/C18H19BrN6O3/c1-10(2)18(7-13(18)26)24-14-6-15(25-16(22-14)12(19)9-21-25)23-17(27)28-11-4-3-5-20-8-11/h3-6,8-10,13,26H,7H2,1-2H3,(H,22,24)(H,23,27). The van der Waals surface area contributed by atoms with Crippen molar-refractivity contribution in [3.8, 4) is 5.75 Å². The Labute approximate surface area is 169 Å². The summed E-state index contributed by atoms with van der Waals surface area (Å²) in [7, 11) is 0. The van der Waals surface area contributed by atoms with E-state index in [0.717, 1.165) is 0 Å². The molecule has 0 aliphatic heterocycles. The molecule has 9 nitrogen and oxygen atoms in total. The summed E-state index contributed by atoms with van der Waals surface area (Å²) in [5, 5.41) is 20.3. The van der Waals surface area contributed by atoms with Gasteiger partial charge in [0, 0.05) is 18.7 Å². The summed E-state index contributed by atoms with van der Waals surface area (Å²) >= 11 is 3.42. The zero-order valence-electron chi connectivity index (χ0n) is 15.3. The van der Waals surface area contributed by atoms with Crippen molar-refractivity contribution in [3.63, 3.8) is 0 Å². The molecular formula is C18H19BrN6O3. The van der Waals surface area contributed by atoms with Crippen LogP contribution in [0.5, 0.6) is 5.75 Å². The maximum atomic E-state index is 12.3. The molecule has 4 rings (SSSR count). The number of nitrogens with zero attached hydrogens (tertiary/aromatic N) is 4. The smallest absolute Gasteiger partial charge is 0.408 e. The number of aromatic nitrogens is 4. The molecule has 3 aromatic rings. The number of anilines is 2. The second-order valence-corrected chi connectivity index (χ2v) is 7.85. The van der Waals surface area contributed by atoms with Crippen LogP contribution in [0.3, 0.4) is 0 Å². The summed E-state index contributed by atoms with van der Waals surface area (Å²) in [6.45, 7) is 4.09. The predicted octanol–water partition coefficient (Wildman–Crippen LogP) is 3.07. The second kappa shape index (κ2) is 7.02. The minimum Gasteiger partial charge on any atom is -0.408 e. The molecule has 1 aliphatic rings. The van der Waals surface area contributed by atoms with Crippen LogP contribution in [0.1, 0.15) is 20.3 Å². The fraction of sp³-hybridized carbons (Fsp3) is 0.333. The van der Waals surface area contributed by atoms with Crippen LogP contribution < -0.4 is 15.4 Å². The van der Waals surface area contributed by atoms with Crippen LogP contribution in [0.2, 0.25) is 0 Å². The second-order valence-electron chi connectivity index (χ2n) is 7.00. The Hall–Kier alpha value is -2.72. The first-order valence-corrected chi connectivity index (χ1v) is 9.58. The number of aliphatic hydroxyl groups excluding tert-OH is 1. The number of fused-ring (bicyclic) bond motifs is 1. The number of nitrogens with one attached hydrogen (secondary N) is 2. The molecule has 2 unspecified atom stereocenters. The lowest BCUT2D eigenvalue weighted by molar-refractivity contribution is 0.215. The fourth-order valence-corrected chi connectivity index (χ4v) is 3.48. The molecule has 3 N–H and O–H groups in total. The Balaban J connectivity index is 1.63. The topological polar surface area (TPSA) is 114 Å². The van der Waals surface area contributed by atoms with Gasteiger partial charge >= 0.3 is 6.09 Å². The van der Waals surface area contributed by atoms with Gasteiger partial charge in [0.05, 0.1) is 28.5 Å². The highest BCUT2D eigenvalue weighted by molar-refractivity contribution is 9.10. The molecule has 3 heterocycles. The molecule has 0 bridgehead atoms. The van der Waals surface area contributed by atoms with Crippen LogP contribution in [0, 0.1) is 5.92 Å². The van der Waals surface area contributed by atoms with Crippen molar-refractivity contribution in [2.24, 2.45) is 5.92 Å². The lowest BCUT2D eigenvalue weighted by Gasteiger charge is -2.23. The maximum absolute atomic E-state index is 12.3. The van der Waals surface area contributed by atoms with Gasteiger partial charge in [-0.2, -0.15) is 9.61 Å². The summed E-state index contributed by atoms with van der Waals surface area (Å²) in [5.41, 5.74) is 0.0985. The lowest BCUT2D eigenvalue weighted by atomic mass is 10.0. The highest BCUT2D eigenvalue weighted by Gasteiger charge is 2.56. The van der Waals surface area contributed by atoms with Gasteiger partial charge in [-0.1, -0.05) is 13.8 Å². The van der Waals surface area contributed by atoms with E-state index in [1.165, 1.54) is 10.7 Å². The minimum atomic E-state index is -0.678. The van der Waals surface area contributed by atoms with Crippen LogP contribution in [-0.2, 0) is 0 Å². The third-order valence-corrected chi connectivity index (χ3v) is 5.42. The molecular weight excluding hydrogens is 428 g/mol. The molecule has 0 radical (unpaired) electrons. The largest absolute Gasteiger partial charge is 0.418 e. The Morgan fingerprint density at radius 1 is 1.46 bits per heavy atom. The first-order valence-electron chi connectivity index (χ1n) is 8.78. The Kier molecular flexibility index (Phi) is 4.68. The molecule has 0 saturated heterocycles. The van der Waals surface area contributed by atoms with Gasteiger partial charge < -0.3 is 15.2 Å². The number of rotatable bonds is 5. The number of pyridine rings is 1. The summed E-state index contributed by atoms with van der Waals surface area (Å²) < 4.78 is 7.40. The molecule has 146 valence electrons. The molecule has 28 heavy (non-hydrogen) atoms. The summed E-state index contributed by atoms with van der Waals surface area (Å²) in [4.78, 5) is 20.8. The van der Waals surface area contributed by atoms with Gasteiger partial charge in [-0.25, -0.2) is 9.78 Å². The van der Waals surface area contributed by atoms with Crippen molar-refractivity contribution in [3.05, 3.63) is 41.3 Å². The number of carbonyl (C=O) groups is 1. The van der Waals surface area contributed by atoms with E-state index in [-0.39, 0.29) is 5.92 Å². The van der Waals surface area contributed by atoms with Crippen LogP contribution in [0.4, 0.5) is 16.4 Å². The number of carbonyl (C=O) groups excluding carboxylic acids is 1. The average molecular weight is 447 g/mol. The molecule has 2 atom stereocenters. The average Bonchev–Trinajstić information content (AvgIpc) is 3.16. The molecule has 0 aromatic carbocycles. The van der Waals surface area contributed by atoms with Gasteiger partial charge in [0.2, 0.25) is 0 Å². The minimum absolute atomic E-state index is 0.209. The van der Waals surface area contributed by atoms with Crippen molar-refractivity contribution >= 4 is 39.3 Å². The molecule has 10 heteroatoms. The molecule has 3 aromatic heterocycles. The quantitative estimate of drug-likeness (QED) is 0.551. The highest BCUT2D eigenvalue weighted by Crippen LogP contribution is 2.45. The van der Waals surface area contributed by atoms with Gasteiger partial charge in [0.15, 0.2) is 11.4 Å². The molecule has 1 amide bonds. The van der Waals surface area contributed by atoms with Gasteiger partial charge in [-0.3, -0.25) is 10.3 Å². The number of aliphatic hydroxyl groups is 1. The van der Waals surface area contributed by atoms with Crippen LogP contribution >= 0.6 is 15.9 Å². The normalized spacial score (nSPS) is 21.0. The Morgan fingerprint density at radius 3 is 2.89 bits per heavy atom. The van der Waals surface area contributed by atoms with Crippen molar-refractivity contribution in [2.75, 3.05) is 10.6 Å². The lowest BCUT2D eigenvalue weighted by Crippen LogP contribution is -2.32. The number of halogens is 1. The van der Waals surface area contributed by atoms with Crippen molar-refractivity contribution < 1.29 is 14.6 Å². The van der Waals surface area contributed by atoms with Gasteiger partial charge in [-0.15, -0.1) is 0 Å². The zero-order chi connectivity index (χ0) is 19.9. The SMILES string of the molecule is CC(C)C1(Nc2cc(NC(=O)Oc3cccnc3)n3ncc(Br)c3n2)CC1O. The predicted molar refractivity (Wildman–Crippen MR) is 106 cm³/mol. The van der Waals surface area contributed by atoms with E-state index in [0.29, 0.717) is 33.9 Å². The molecule has 1 saturated carbocycles. The first-order chi connectivity index (χ1) is 13.4. The van der Waals surface area contributed by atoms with Crippen molar-refractivity contribution in [2.45, 2.75) is 31.9 Å². The van der Waals surface area contributed by atoms with Crippen LogP contribution in [0.15, 0.2) is 41.3 Å². The van der Waals surface area contributed by atoms with E-state index in [2.05, 4.69) is 41.6 Å². The fourth-order valence-electron chi connectivity index (χ4n) is 3.13. The van der Waals surface area contributed by atoms with E-state index < -0.39 is 17.7 Å². The third-order valence-electron chi connectivity index (χ3n) is 4.86. The monoisotopic (exact) mass is 446 g/mol. The maximum Gasteiger partial charge on any atom is 0.418 e. The first kappa shape index (κ1) is 18.6. The van der Waals surface area contributed by atoms with Crippen LogP contribution in [-0.4, -0.2) is 42.4 Å². The number of ether oxygens (including phenoxy) is 1. The number of hydrogen-bond acceptors (Lipinski definition) is 7. The van der Waals surface area contributed by atoms with E-state index >= 15 is 0 Å². The van der Waals surface area contributed by atoms with Gasteiger partial charge in [0.25, 0.3) is 0 Å². The van der Waals surface area contributed by atoms with E-state index in [9.17, 15) is 9.90 Å². The van der Waals surface area contributed by atoms with Crippen molar-refractivity contribution in [1.29, 1.82) is 0 Å². The Morgan fingerprint density at radius 2 is 2.25 bits per heavy atom. The molecule has 1 aliphatic carbocycles. The molecule has 1 fully saturated rings. The Bertz CT molecular complexity index is 1020. The van der Waals surface area contributed by atoms with E-state index in [1.54, 1.807) is 30.6 Å². The van der Waals surface area contributed by atoms with Crippen LogP contribution in [0.25, 0.3) is 5.65 Å². The number of amides is 1. The van der Waals surface area contributed by atoms with Gasteiger partial charge in [-0.05, 0) is 34.0 Å². The van der Waals surface area contributed by atoms with E-state index in [4.69, 9.17) is 4.74 Å². The summed E-state index contributed by atoms with van der Waals surface area (Å²) in [5.74, 6) is 1.43. The van der Waals surface area contributed by atoms with Gasteiger partial charge in [0.1, 0.15) is 11.6 Å². The van der Waals surface area contributed by atoms with Crippen molar-refractivity contribution in [1.82, 2.24) is 19.6 Å². The molecule has 0 spiro atoms.